The Bertz CT molecular complexity index is 565. The van der Waals surface area contributed by atoms with Gasteiger partial charge >= 0.3 is 0 Å². The molecule has 0 spiro atoms. The molecule has 0 saturated heterocycles. The van der Waals surface area contributed by atoms with E-state index in [-0.39, 0.29) is 22.5 Å². The first-order chi connectivity index (χ1) is 10.4. The van der Waals surface area contributed by atoms with E-state index in [1.54, 1.807) is 6.08 Å². The molecule has 0 aromatic heterocycles. The first-order valence-electron chi connectivity index (χ1n) is 8.80. The molecule has 0 heterocycles. The zero-order valence-electron chi connectivity index (χ0n) is 13.5. The highest BCUT2D eigenvalue weighted by Crippen LogP contribution is 2.64. The van der Waals surface area contributed by atoms with Crippen molar-refractivity contribution in [3.05, 3.63) is 12.2 Å². The monoisotopic (exact) mass is 302 g/mol. The molecule has 1 unspecified atom stereocenters. The van der Waals surface area contributed by atoms with Crippen LogP contribution in [0.25, 0.3) is 0 Å². The van der Waals surface area contributed by atoms with Crippen molar-refractivity contribution in [1.82, 2.24) is 0 Å². The van der Waals surface area contributed by atoms with Gasteiger partial charge in [0.05, 0.1) is 6.10 Å². The van der Waals surface area contributed by atoms with Crippen molar-refractivity contribution >= 4 is 11.6 Å². The molecule has 4 aliphatic carbocycles. The van der Waals surface area contributed by atoms with E-state index in [1.165, 1.54) is 0 Å². The number of aliphatic hydroxyl groups excluding tert-OH is 1. The Morgan fingerprint density at radius 1 is 1.18 bits per heavy atom. The summed E-state index contributed by atoms with van der Waals surface area (Å²) in [4.78, 5) is 24.2. The summed E-state index contributed by atoms with van der Waals surface area (Å²) in [5.41, 5.74) is -0.388. The second kappa shape index (κ2) is 4.53. The van der Waals surface area contributed by atoms with Crippen LogP contribution in [0.3, 0.4) is 0 Å². The quantitative estimate of drug-likeness (QED) is 0.748. The number of fused-ring (bicyclic) bond motifs is 5. The molecule has 0 aromatic rings. The molecule has 0 aliphatic heterocycles. The van der Waals surface area contributed by atoms with Crippen LogP contribution in [0.2, 0.25) is 0 Å². The van der Waals surface area contributed by atoms with Crippen LogP contribution in [-0.4, -0.2) is 22.8 Å². The summed E-state index contributed by atoms with van der Waals surface area (Å²) < 4.78 is 0. The molecular formula is C19H26O3. The Kier molecular flexibility index (Phi) is 3.01. The van der Waals surface area contributed by atoms with Gasteiger partial charge in [-0.25, -0.2) is 0 Å². The third-order valence-electron chi connectivity index (χ3n) is 7.69. The number of rotatable bonds is 0. The van der Waals surface area contributed by atoms with Gasteiger partial charge in [0.2, 0.25) is 0 Å². The molecule has 3 fully saturated rings. The Labute approximate surface area is 132 Å². The molecule has 120 valence electrons. The van der Waals surface area contributed by atoms with Crippen molar-refractivity contribution in [3.8, 4) is 0 Å². The number of carbonyl (C=O) groups excluding carboxylic acids is 2. The van der Waals surface area contributed by atoms with Crippen LogP contribution in [0.5, 0.6) is 0 Å². The molecule has 0 bridgehead atoms. The fraction of sp³-hybridized carbons (Fsp3) is 0.789. The summed E-state index contributed by atoms with van der Waals surface area (Å²) in [5.74, 6) is 2.02. The minimum absolute atomic E-state index is 0.0801. The van der Waals surface area contributed by atoms with E-state index in [2.05, 4.69) is 19.9 Å². The Hall–Kier alpha value is -0.960. The number of Topliss-reactive ketones (excluding diaryl/α,β-unsaturated/α-hetero) is 1. The van der Waals surface area contributed by atoms with Crippen LogP contribution in [0.4, 0.5) is 0 Å². The number of hydrogen-bond donors (Lipinski definition) is 1. The minimum Gasteiger partial charge on any atom is -0.393 e. The van der Waals surface area contributed by atoms with Crippen molar-refractivity contribution in [2.45, 2.75) is 58.5 Å². The molecule has 1 N–H and O–H groups in total. The van der Waals surface area contributed by atoms with Gasteiger partial charge in [-0.3, -0.25) is 9.59 Å². The SMILES string of the molecule is C[C@]12C=CC(=O)CC1CC[C@@H]1[C@@H]2[C@@H](O)C[C@]2(C)C(=O)CC[C@@H]12. The molecule has 4 aliphatic rings. The summed E-state index contributed by atoms with van der Waals surface area (Å²) in [7, 11) is 0. The summed E-state index contributed by atoms with van der Waals surface area (Å²) in [6, 6.07) is 0. The third kappa shape index (κ3) is 1.72. The second-order valence-electron chi connectivity index (χ2n) is 8.59. The number of ketones is 2. The summed E-state index contributed by atoms with van der Waals surface area (Å²) >= 11 is 0. The third-order valence-corrected chi connectivity index (χ3v) is 7.69. The molecule has 3 saturated carbocycles. The maximum atomic E-state index is 12.4. The fourth-order valence-electron chi connectivity index (χ4n) is 6.53. The highest BCUT2D eigenvalue weighted by molar-refractivity contribution is 5.91. The molecule has 3 nitrogen and oxygen atoms in total. The first-order valence-corrected chi connectivity index (χ1v) is 8.80. The standard InChI is InChI=1S/C19H26O3/c1-18-8-7-12(20)9-11(18)3-4-13-14-5-6-16(22)19(14,2)10-15(21)17(13)18/h7-8,11,13-15,17,21H,3-6,9-10H2,1-2H3/t11?,13-,14-,15-,17+,18-,19-/m0/s1. The highest BCUT2D eigenvalue weighted by Gasteiger charge is 2.62. The first kappa shape index (κ1) is 14.6. The van der Waals surface area contributed by atoms with Crippen molar-refractivity contribution in [3.63, 3.8) is 0 Å². The van der Waals surface area contributed by atoms with E-state index < -0.39 is 6.10 Å². The van der Waals surface area contributed by atoms with Gasteiger partial charge in [-0.1, -0.05) is 19.9 Å². The molecule has 0 amide bonds. The average molecular weight is 302 g/mol. The summed E-state index contributed by atoms with van der Waals surface area (Å²) in [5, 5.41) is 10.9. The van der Waals surface area contributed by atoms with Crippen molar-refractivity contribution in [2.75, 3.05) is 0 Å². The molecule has 22 heavy (non-hydrogen) atoms. The van der Waals surface area contributed by atoms with Gasteiger partial charge in [0.25, 0.3) is 0 Å². The van der Waals surface area contributed by atoms with Crippen LogP contribution >= 0.6 is 0 Å². The normalized spacial score (nSPS) is 53.9. The molecule has 4 rings (SSSR count). The second-order valence-corrected chi connectivity index (χ2v) is 8.59. The van der Waals surface area contributed by atoms with E-state index in [9.17, 15) is 14.7 Å². The Morgan fingerprint density at radius 3 is 2.73 bits per heavy atom. The lowest BCUT2D eigenvalue weighted by atomic mass is 9.45. The molecular weight excluding hydrogens is 276 g/mol. The maximum Gasteiger partial charge on any atom is 0.155 e. The Balaban J connectivity index is 1.75. The van der Waals surface area contributed by atoms with E-state index in [4.69, 9.17) is 0 Å². The van der Waals surface area contributed by atoms with E-state index in [0.717, 1.165) is 19.3 Å². The lowest BCUT2D eigenvalue weighted by Crippen LogP contribution is -2.58. The largest absolute Gasteiger partial charge is 0.393 e. The average Bonchev–Trinajstić information content (AvgIpc) is 2.75. The van der Waals surface area contributed by atoms with Crippen molar-refractivity contribution < 1.29 is 14.7 Å². The van der Waals surface area contributed by atoms with Gasteiger partial charge in [0.15, 0.2) is 5.78 Å². The van der Waals surface area contributed by atoms with Gasteiger partial charge in [-0.2, -0.15) is 0 Å². The molecule has 7 atom stereocenters. The molecule has 0 aromatic carbocycles. The van der Waals surface area contributed by atoms with Crippen LogP contribution in [0, 0.1) is 34.5 Å². The van der Waals surface area contributed by atoms with E-state index in [1.807, 2.05) is 0 Å². The number of carbonyl (C=O) groups is 2. The summed E-state index contributed by atoms with van der Waals surface area (Å²) in [6.07, 6.45) is 8.45. The predicted octanol–water partition coefficient (Wildman–Crippen LogP) is 2.91. The fourth-order valence-corrected chi connectivity index (χ4v) is 6.53. The van der Waals surface area contributed by atoms with Gasteiger partial charge < -0.3 is 5.11 Å². The van der Waals surface area contributed by atoms with Crippen LogP contribution in [-0.2, 0) is 9.59 Å². The zero-order chi connectivity index (χ0) is 15.7. The lowest BCUT2D eigenvalue weighted by molar-refractivity contribution is -0.155. The molecule has 3 heteroatoms. The lowest BCUT2D eigenvalue weighted by Gasteiger charge is -2.59. The predicted molar refractivity (Wildman–Crippen MR) is 83.0 cm³/mol. The van der Waals surface area contributed by atoms with Crippen LogP contribution < -0.4 is 0 Å². The van der Waals surface area contributed by atoms with E-state index in [0.29, 0.717) is 42.8 Å². The van der Waals surface area contributed by atoms with Crippen LogP contribution in [0.15, 0.2) is 12.2 Å². The number of aliphatic hydroxyl groups is 1. The van der Waals surface area contributed by atoms with Crippen molar-refractivity contribution in [1.29, 1.82) is 0 Å². The molecule has 0 radical (unpaired) electrons. The number of hydrogen-bond acceptors (Lipinski definition) is 3. The zero-order valence-corrected chi connectivity index (χ0v) is 13.5. The van der Waals surface area contributed by atoms with Gasteiger partial charge in [0, 0.05) is 18.3 Å². The van der Waals surface area contributed by atoms with E-state index >= 15 is 0 Å². The van der Waals surface area contributed by atoms with Gasteiger partial charge in [0.1, 0.15) is 5.78 Å². The smallest absolute Gasteiger partial charge is 0.155 e. The highest BCUT2D eigenvalue weighted by atomic mass is 16.3. The Morgan fingerprint density at radius 2 is 1.95 bits per heavy atom. The number of allylic oxidation sites excluding steroid dienone is 2. The van der Waals surface area contributed by atoms with Crippen molar-refractivity contribution in [2.24, 2.45) is 34.5 Å². The van der Waals surface area contributed by atoms with Gasteiger partial charge in [-0.15, -0.1) is 0 Å². The van der Waals surface area contributed by atoms with Gasteiger partial charge in [-0.05, 0) is 60.8 Å². The topological polar surface area (TPSA) is 54.4 Å². The summed E-state index contributed by atoms with van der Waals surface area (Å²) in [6.45, 7) is 4.32. The van der Waals surface area contributed by atoms with Crippen LogP contribution in [0.1, 0.15) is 52.4 Å². The maximum absolute atomic E-state index is 12.4. The minimum atomic E-state index is -0.418.